The molecule has 0 radical (unpaired) electrons. The van der Waals surface area contributed by atoms with Crippen molar-refractivity contribution in [1.82, 2.24) is 0 Å². The van der Waals surface area contributed by atoms with Crippen molar-refractivity contribution in [3.05, 3.63) is 35.6 Å². The molecule has 0 saturated carbocycles. The Morgan fingerprint density at radius 2 is 2.00 bits per heavy atom. The highest BCUT2D eigenvalue weighted by atomic mass is 32.2. The second kappa shape index (κ2) is 5.63. The van der Waals surface area contributed by atoms with Crippen molar-refractivity contribution < 1.29 is 9.50 Å². The molecule has 0 spiro atoms. The van der Waals surface area contributed by atoms with E-state index in [1.807, 2.05) is 12.1 Å². The van der Waals surface area contributed by atoms with Crippen LogP contribution in [0.1, 0.15) is 25.3 Å². The summed E-state index contributed by atoms with van der Waals surface area (Å²) in [4.78, 5) is 0. The third-order valence-electron chi connectivity index (χ3n) is 2.81. The van der Waals surface area contributed by atoms with Crippen LogP contribution in [-0.4, -0.2) is 22.7 Å². The van der Waals surface area contributed by atoms with Crippen LogP contribution < -0.4 is 0 Å². The van der Waals surface area contributed by atoms with Crippen molar-refractivity contribution in [1.29, 1.82) is 0 Å². The molecule has 1 aromatic rings. The van der Waals surface area contributed by atoms with Gasteiger partial charge in [0.05, 0.1) is 10.2 Å². The number of hydrogen-bond acceptors (Lipinski definition) is 3. The number of rotatable bonds is 3. The van der Waals surface area contributed by atoms with Gasteiger partial charge in [0.15, 0.2) is 0 Å². The summed E-state index contributed by atoms with van der Waals surface area (Å²) in [5.41, 5.74) is 0.732. The van der Waals surface area contributed by atoms with E-state index in [0.717, 1.165) is 23.5 Å². The average Bonchev–Trinajstić information content (AvgIpc) is 2.29. The Kier molecular flexibility index (Phi) is 4.39. The largest absolute Gasteiger partial charge is 0.393 e. The highest BCUT2D eigenvalue weighted by molar-refractivity contribution is 8.18. The Morgan fingerprint density at radius 3 is 2.59 bits per heavy atom. The molecule has 0 bridgehead atoms. The minimum atomic E-state index is -0.410. The monoisotopic (exact) mass is 272 g/mol. The standard InChI is InChI=1S/C13H17FOS2/c1-10(15)9-13(16-7-4-8-17-13)11-5-2-3-6-12(11)14/h2-3,5-6,10,15H,4,7-9H2,1H3. The van der Waals surface area contributed by atoms with Crippen molar-refractivity contribution in [3.63, 3.8) is 0 Å². The summed E-state index contributed by atoms with van der Waals surface area (Å²) >= 11 is 3.54. The molecule has 0 aliphatic carbocycles. The van der Waals surface area contributed by atoms with E-state index in [1.165, 1.54) is 6.07 Å². The first-order valence-electron chi connectivity index (χ1n) is 5.85. The molecule has 1 aliphatic rings. The van der Waals surface area contributed by atoms with Crippen LogP contribution >= 0.6 is 23.5 Å². The summed E-state index contributed by atoms with van der Waals surface area (Å²) in [6.07, 6.45) is 1.35. The lowest BCUT2D eigenvalue weighted by atomic mass is 10.1. The first kappa shape index (κ1) is 13.2. The van der Waals surface area contributed by atoms with Gasteiger partial charge in [-0.15, -0.1) is 23.5 Å². The summed E-state index contributed by atoms with van der Waals surface area (Å²) in [6, 6.07) is 6.95. The maximum absolute atomic E-state index is 14.0. The van der Waals surface area contributed by atoms with Gasteiger partial charge in [-0.2, -0.15) is 0 Å². The maximum Gasteiger partial charge on any atom is 0.128 e. The highest BCUT2D eigenvalue weighted by Crippen LogP contribution is 2.53. The van der Waals surface area contributed by atoms with Gasteiger partial charge in [-0.25, -0.2) is 4.39 Å². The number of aliphatic hydroxyl groups excluding tert-OH is 1. The minimum absolute atomic E-state index is 0.157. The topological polar surface area (TPSA) is 20.2 Å². The second-order valence-corrected chi connectivity index (χ2v) is 7.38. The Hall–Kier alpha value is -0.190. The van der Waals surface area contributed by atoms with Crippen LogP contribution in [0, 0.1) is 5.82 Å². The third-order valence-corrected chi connectivity index (χ3v) is 6.21. The molecular formula is C13H17FOS2. The minimum Gasteiger partial charge on any atom is -0.393 e. The van der Waals surface area contributed by atoms with Crippen LogP contribution in [0.2, 0.25) is 0 Å². The summed E-state index contributed by atoms with van der Waals surface area (Å²) in [5.74, 6) is 1.91. The molecule has 1 saturated heterocycles. The summed E-state index contributed by atoms with van der Waals surface area (Å²) in [7, 11) is 0. The highest BCUT2D eigenvalue weighted by Gasteiger charge is 2.38. The molecule has 2 rings (SSSR count). The number of benzene rings is 1. The Bertz CT molecular complexity index is 375. The lowest BCUT2D eigenvalue weighted by Crippen LogP contribution is -2.28. The fourth-order valence-corrected chi connectivity index (χ4v) is 5.73. The van der Waals surface area contributed by atoms with Crippen LogP contribution in [0.4, 0.5) is 4.39 Å². The van der Waals surface area contributed by atoms with Crippen LogP contribution in [0.25, 0.3) is 0 Å². The average molecular weight is 272 g/mol. The zero-order valence-electron chi connectivity index (χ0n) is 9.86. The predicted octanol–water partition coefficient (Wildman–Crippen LogP) is 3.62. The van der Waals surface area contributed by atoms with Gasteiger partial charge in [0.25, 0.3) is 0 Å². The van der Waals surface area contributed by atoms with Crippen molar-refractivity contribution in [2.45, 2.75) is 29.9 Å². The summed E-state index contributed by atoms with van der Waals surface area (Å²) in [6.45, 7) is 1.78. The van der Waals surface area contributed by atoms with E-state index in [2.05, 4.69) is 0 Å². The van der Waals surface area contributed by atoms with Gasteiger partial charge in [0.1, 0.15) is 5.82 Å². The summed E-state index contributed by atoms with van der Waals surface area (Å²) in [5, 5.41) is 9.67. The normalized spacial score (nSPS) is 21.1. The number of aliphatic hydroxyl groups is 1. The van der Waals surface area contributed by atoms with Crippen LogP contribution in [-0.2, 0) is 4.08 Å². The fraction of sp³-hybridized carbons (Fsp3) is 0.538. The zero-order chi connectivity index (χ0) is 12.3. The van der Waals surface area contributed by atoms with E-state index in [4.69, 9.17) is 0 Å². The van der Waals surface area contributed by atoms with E-state index in [0.29, 0.717) is 6.42 Å². The smallest absolute Gasteiger partial charge is 0.128 e. The molecule has 94 valence electrons. The van der Waals surface area contributed by atoms with E-state index in [9.17, 15) is 9.50 Å². The number of halogens is 1. The second-order valence-electron chi connectivity index (χ2n) is 4.34. The van der Waals surface area contributed by atoms with Gasteiger partial charge in [-0.1, -0.05) is 18.2 Å². The zero-order valence-corrected chi connectivity index (χ0v) is 11.5. The van der Waals surface area contributed by atoms with Crippen molar-refractivity contribution in [2.24, 2.45) is 0 Å². The van der Waals surface area contributed by atoms with E-state index >= 15 is 0 Å². The Labute approximate surface area is 110 Å². The first-order chi connectivity index (χ1) is 8.14. The molecule has 17 heavy (non-hydrogen) atoms. The van der Waals surface area contributed by atoms with Crippen molar-refractivity contribution in [3.8, 4) is 0 Å². The number of thioether (sulfide) groups is 2. The molecular weight excluding hydrogens is 255 g/mol. The van der Waals surface area contributed by atoms with E-state index in [1.54, 1.807) is 36.5 Å². The van der Waals surface area contributed by atoms with Gasteiger partial charge >= 0.3 is 0 Å². The molecule has 1 N–H and O–H groups in total. The Balaban J connectivity index is 2.35. The van der Waals surface area contributed by atoms with Crippen LogP contribution in [0.5, 0.6) is 0 Å². The molecule has 0 amide bonds. The van der Waals surface area contributed by atoms with Crippen LogP contribution in [0.3, 0.4) is 0 Å². The van der Waals surface area contributed by atoms with Gasteiger partial charge in [-0.05, 0) is 30.9 Å². The van der Waals surface area contributed by atoms with E-state index < -0.39 is 6.10 Å². The summed E-state index contributed by atoms with van der Waals surface area (Å²) < 4.78 is 13.7. The molecule has 1 aromatic carbocycles. The molecule has 1 aliphatic heterocycles. The number of hydrogen-bond donors (Lipinski definition) is 1. The van der Waals surface area contributed by atoms with Crippen molar-refractivity contribution >= 4 is 23.5 Å². The van der Waals surface area contributed by atoms with Crippen molar-refractivity contribution in [2.75, 3.05) is 11.5 Å². The Morgan fingerprint density at radius 1 is 1.35 bits per heavy atom. The first-order valence-corrected chi connectivity index (χ1v) is 7.82. The molecule has 1 heterocycles. The molecule has 1 unspecified atom stereocenters. The van der Waals surface area contributed by atoms with Crippen LogP contribution in [0.15, 0.2) is 24.3 Å². The predicted molar refractivity (Wildman–Crippen MR) is 73.9 cm³/mol. The molecule has 1 atom stereocenters. The van der Waals surface area contributed by atoms with E-state index in [-0.39, 0.29) is 9.90 Å². The third kappa shape index (κ3) is 2.98. The molecule has 1 fully saturated rings. The van der Waals surface area contributed by atoms with Gasteiger partial charge in [0.2, 0.25) is 0 Å². The SMILES string of the molecule is CC(O)CC1(c2ccccc2F)SCCCS1. The van der Waals surface area contributed by atoms with Gasteiger partial charge in [0, 0.05) is 12.0 Å². The molecule has 1 nitrogen and oxygen atoms in total. The lowest BCUT2D eigenvalue weighted by Gasteiger charge is -2.37. The molecule has 0 aromatic heterocycles. The van der Waals surface area contributed by atoms with Gasteiger partial charge in [-0.3, -0.25) is 0 Å². The lowest BCUT2D eigenvalue weighted by molar-refractivity contribution is 0.180. The maximum atomic E-state index is 14.0. The quantitative estimate of drug-likeness (QED) is 0.907. The molecule has 4 heteroatoms. The van der Waals surface area contributed by atoms with Gasteiger partial charge < -0.3 is 5.11 Å². The fourth-order valence-electron chi connectivity index (χ4n) is 2.12.